The molecular formula is C31H37F6N3O4. The fourth-order valence-electron chi connectivity index (χ4n) is 6.63. The van der Waals surface area contributed by atoms with Gasteiger partial charge >= 0.3 is 18.4 Å². The number of nitrogens with zero attached hydrogens (tertiary/aromatic N) is 3. The van der Waals surface area contributed by atoms with Gasteiger partial charge in [0.1, 0.15) is 0 Å². The maximum Gasteiger partial charge on any atom is 0.416 e. The van der Waals surface area contributed by atoms with Crippen LogP contribution in [-0.4, -0.2) is 76.2 Å². The van der Waals surface area contributed by atoms with Crippen molar-refractivity contribution >= 4 is 11.9 Å². The first-order valence-corrected chi connectivity index (χ1v) is 14.4. The van der Waals surface area contributed by atoms with Gasteiger partial charge in [-0.15, -0.1) is 0 Å². The smallest absolute Gasteiger partial charge is 0.396 e. The zero-order chi connectivity index (χ0) is 32.8. The minimum Gasteiger partial charge on any atom is -0.396 e. The van der Waals surface area contributed by atoms with E-state index in [1.165, 1.54) is 18.9 Å². The standard InChI is InChI=1S/C31H37F6N3O4/c1-18-6-5-7-24(19(18)2)26-25-17-29(8-12-41,9-13-42)27(43)39(25)10-11-40(26)28(44)38(4)20(3)21-14-22(30(32,33)34)16-23(15-21)31(35,36)37/h5-7,14-16,20,25-26,41-42H,8-13,17H2,1-4H3/t20-,25+,26+/m1/s1. The van der Waals surface area contributed by atoms with Gasteiger partial charge in [0.15, 0.2) is 0 Å². The lowest BCUT2D eigenvalue weighted by Gasteiger charge is -2.47. The molecular weight excluding hydrogens is 592 g/mol. The van der Waals surface area contributed by atoms with E-state index in [4.69, 9.17) is 0 Å². The molecule has 2 saturated heterocycles. The van der Waals surface area contributed by atoms with Crippen molar-refractivity contribution in [1.82, 2.24) is 14.7 Å². The highest BCUT2D eigenvalue weighted by molar-refractivity contribution is 5.86. The molecule has 2 aromatic rings. The van der Waals surface area contributed by atoms with Crippen molar-refractivity contribution in [3.63, 3.8) is 0 Å². The summed E-state index contributed by atoms with van der Waals surface area (Å²) in [7, 11) is 1.33. The molecule has 44 heavy (non-hydrogen) atoms. The number of aryl methyl sites for hydroxylation is 1. The van der Waals surface area contributed by atoms with Gasteiger partial charge in [-0.1, -0.05) is 18.2 Å². The molecule has 3 atom stereocenters. The van der Waals surface area contributed by atoms with E-state index in [-0.39, 0.29) is 63.1 Å². The van der Waals surface area contributed by atoms with Crippen molar-refractivity contribution in [1.29, 1.82) is 0 Å². The summed E-state index contributed by atoms with van der Waals surface area (Å²) < 4.78 is 81.4. The van der Waals surface area contributed by atoms with Crippen LogP contribution in [0.4, 0.5) is 31.1 Å². The van der Waals surface area contributed by atoms with Gasteiger partial charge < -0.3 is 24.9 Å². The third kappa shape index (κ3) is 6.13. The molecule has 3 amide bonds. The Hall–Kier alpha value is -3.32. The number of aliphatic hydroxyl groups is 2. The Kier molecular flexibility index (Phi) is 9.33. The second kappa shape index (κ2) is 12.2. The maximum absolute atomic E-state index is 14.2. The molecule has 2 N–H and O–H groups in total. The number of halogens is 6. The second-order valence-electron chi connectivity index (χ2n) is 11.8. The van der Waals surface area contributed by atoms with Gasteiger partial charge in [0, 0.05) is 33.4 Å². The predicted octanol–water partition coefficient (Wildman–Crippen LogP) is 5.86. The SMILES string of the molecule is Cc1cccc([C@H]2[C@@H]3CC(CCO)(CCO)C(=O)N3CCN2C(=O)N(C)[C@H](C)c2cc(C(F)(F)F)cc(C(F)(F)F)c2)c1C. The fraction of sp³-hybridized carbons (Fsp3) is 0.548. The van der Waals surface area contributed by atoms with E-state index in [1.807, 2.05) is 32.0 Å². The molecule has 0 aliphatic carbocycles. The van der Waals surface area contributed by atoms with Gasteiger partial charge in [-0.05, 0) is 80.5 Å². The summed E-state index contributed by atoms with van der Waals surface area (Å²) in [6, 6.07) is 3.83. The molecule has 0 spiro atoms. The van der Waals surface area contributed by atoms with Crippen molar-refractivity contribution in [2.75, 3.05) is 33.4 Å². The van der Waals surface area contributed by atoms with Crippen molar-refractivity contribution in [3.8, 4) is 0 Å². The number of benzene rings is 2. The molecule has 2 heterocycles. The van der Waals surface area contributed by atoms with Crippen LogP contribution < -0.4 is 0 Å². The summed E-state index contributed by atoms with van der Waals surface area (Å²) in [4.78, 5) is 32.2. The zero-order valence-corrected chi connectivity index (χ0v) is 25.0. The number of piperazine rings is 1. The molecule has 7 nitrogen and oxygen atoms in total. The third-order valence-corrected chi connectivity index (χ3v) is 9.36. The molecule has 2 aromatic carbocycles. The van der Waals surface area contributed by atoms with Crippen molar-refractivity contribution in [3.05, 3.63) is 69.8 Å². The number of hydrogen-bond donors (Lipinski definition) is 2. The van der Waals surface area contributed by atoms with Crippen molar-refractivity contribution in [2.24, 2.45) is 5.41 Å². The lowest BCUT2D eigenvalue weighted by Crippen LogP contribution is -2.57. The van der Waals surface area contributed by atoms with Gasteiger partial charge in [0.25, 0.3) is 0 Å². The first-order chi connectivity index (χ1) is 20.5. The predicted molar refractivity (Wildman–Crippen MR) is 149 cm³/mol. The summed E-state index contributed by atoms with van der Waals surface area (Å²) >= 11 is 0. The van der Waals surface area contributed by atoms with E-state index >= 15 is 0 Å². The molecule has 2 aliphatic rings. The summed E-state index contributed by atoms with van der Waals surface area (Å²) in [6.45, 7) is 4.78. The first kappa shape index (κ1) is 33.6. The van der Waals surface area contributed by atoms with E-state index in [0.717, 1.165) is 21.6 Å². The van der Waals surface area contributed by atoms with Gasteiger partial charge in [-0.2, -0.15) is 26.3 Å². The monoisotopic (exact) mass is 629 g/mol. The molecule has 2 aliphatic heterocycles. The minimum absolute atomic E-state index is 0.0515. The van der Waals surface area contributed by atoms with E-state index in [0.29, 0.717) is 12.1 Å². The molecule has 4 rings (SSSR count). The lowest BCUT2D eigenvalue weighted by molar-refractivity contribution is -0.143. The number of rotatable bonds is 7. The summed E-state index contributed by atoms with van der Waals surface area (Å²) in [6.07, 6.45) is -9.57. The number of alkyl halides is 6. The second-order valence-corrected chi connectivity index (χ2v) is 11.8. The number of fused-ring (bicyclic) bond motifs is 1. The average molecular weight is 630 g/mol. The number of amides is 3. The maximum atomic E-state index is 14.2. The number of carbonyl (C=O) groups is 2. The molecule has 242 valence electrons. The van der Waals surface area contributed by atoms with Crippen LogP contribution in [-0.2, 0) is 17.1 Å². The van der Waals surface area contributed by atoms with E-state index in [1.54, 1.807) is 4.90 Å². The number of hydrogen-bond acceptors (Lipinski definition) is 4. The molecule has 13 heteroatoms. The fourth-order valence-corrected chi connectivity index (χ4v) is 6.63. The van der Waals surface area contributed by atoms with Crippen molar-refractivity contribution in [2.45, 2.75) is 70.5 Å². The van der Waals surface area contributed by atoms with Crippen LogP contribution in [0, 0.1) is 19.3 Å². The Morgan fingerprint density at radius 1 is 1.00 bits per heavy atom. The molecule has 2 fully saturated rings. The molecule has 0 bridgehead atoms. The van der Waals surface area contributed by atoms with E-state index < -0.39 is 53.1 Å². The molecule has 0 unspecified atom stereocenters. The topological polar surface area (TPSA) is 84.3 Å². The van der Waals surface area contributed by atoms with Crippen LogP contribution in [0.1, 0.15) is 71.7 Å². The van der Waals surface area contributed by atoms with Crippen LogP contribution in [0.3, 0.4) is 0 Å². The van der Waals surface area contributed by atoms with Gasteiger partial charge in [0.2, 0.25) is 5.91 Å². The zero-order valence-electron chi connectivity index (χ0n) is 25.0. The Morgan fingerprint density at radius 2 is 1.57 bits per heavy atom. The molecule has 0 aromatic heterocycles. The highest BCUT2D eigenvalue weighted by Crippen LogP contribution is 2.49. The summed E-state index contributed by atoms with van der Waals surface area (Å²) in [5.74, 6) is -0.224. The number of urea groups is 1. The van der Waals surface area contributed by atoms with Crippen LogP contribution in [0.25, 0.3) is 0 Å². The van der Waals surface area contributed by atoms with Crippen molar-refractivity contribution < 1.29 is 46.1 Å². The lowest BCUT2D eigenvalue weighted by atomic mass is 9.77. The third-order valence-electron chi connectivity index (χ3n) is 9.36. The Morgan fingerprint density at radius 3 is 2.09 bits per heavy atom. The van der Waals surface area contributed by atoms with E-state index in [9.17, 15) is 46.1 Å². The highest BCUT2D eigenvalue weighted by Gasteiger charge is 2.56. The molecule has 0 saturated carbocycles. The molecule has 0 radical (unpaired) electrons. The normalized spacial score (nSPS) is 21.0. The van der Waals surface area contributed by atoms with Gasteiger partial charge in [0.05, 0.1) is 34.7 Å². The quantitative estimate of drug-likeness (QED) is 0.376. The van der Waals surface area contributed by atoms with Crippen LogP contribution in [0.5, 0.6) is 0 Å². The van der Waals surface area contributed by atoms with Gasteiger partial charge in [-0.25, -0.2) is 4.79 Å². The number of carbonyl (C=O) groups excluding carboxylic acids is 2. The van der Waals surface area contributed by atoms with Crippen LogP contribution in [0.2, 0.25) is 0 Å². The van der Waals surface area contributed by atoms with E-state index in [2.05, 4.69) is 0 Å². The summed E-state index contributed by atoms with van der Waals surface area (Å²) in [5.41, 5.74) is -1.74. The average Bonchev–Trinajstić information content (AvgIpc) is 3.23. The van der Waals surface area contributed by atoms with Gasteiger partial charge in [-0.3, -0.25) is 4.79 Å². The minimum atomic E-state index is -5.03. The van der Waals surface area contributed by atoms with Crippen LogP contribution >= 0.6 is 0 Å². The van der Waals surface area contributed by atoms with Crippen LogP contribution in [0.15, 0.2) is 36.4 Å². The summed E-state index contributed by atoms with van der Waals surface area (Å²) in [5, 5.41) is 19.6. The highest BCUT2D eigenvalue weighted by atomic mass is 19.4. The Bertz CT molecular complexity index is 1360. The Labute approximate surface area is 252 Å². The Balaban J connectivity index is 1.76. The first-order valence-electron chi connectivity index (χ1n) is 14.4. The largest absolute Gasteiger partial charge is 0.416 e. The number of aliphatic hydroxyl groups excluding tert-OH is 2.